The molecular formula is C27H31N5O2. The minimum atomic E-state index is -0.542. The number of nitrogens with zero attached hydrogens (tertiary/aromatic N) is 4. The van der Waals surface area contributed by atoms with Gasteiger partial charge in [0.15, 0.2) is 0 Å². The number of fused-ring (bicyclic) bond motifs is 1. The molecule has 1 unspecified atom stereocenters. The van der Waals surface area contributed by atoms with Gasteiger partial charge in [0.05, 0.1) is 29.6 Å². The van der Waals surface area contributed by atoms with E-state index >= 15 is 0 Å². The van der Waals surface area contributed by atoms with Crippen LogP contribution in [0.4, 0.5) is 0 Å². The summed E-state index contributed by atoms with van der Waals surface area (Å²) in [5.41, 5.74) is 3.68. The van der Waals surface area contributed by atoms with E-state index in [-0.39, 0.29) is 11.8 Å². The molecule has 4 aromatic rings. The summed E-state index contributed by atoms with van der Waals surface area (Å²) in [7, 11) is 1.86. The number of aromatic nitrogens is 4. The van der Waals surface area contributed by atoms with E-state index in [4.69, 9.17) is 0 Å². The Hall–Kier alpha value is -3.58. The fraction of sp³-hybridized carbons (Fsp3) is 0.333. The third-order valence-corrected chi connectivity index (χ3v) is 6.24. The van der Waals surface area contributed by atoms with Crippen molar-refractivity contribution in [1.29, 1.82) is 0 Å². The van der Waals surface area contributed by atoms with Crippen LogP contribution in [0.2, 0.25) is 0 Å². The first kappa shape index (κ1) is 23.6. The highest BCUT2D eigenvalue weighted by atomic mass is 16.3. The third-order valence-electron chi connectivity index (χ3n) is 6.24. The fourth-order valence-electron chi connectivity index (χ4n) is 4.44. The van der Waals surface area contributed by atoms with Crippen LogP contribution >= 0.6 is 0 Å². The molecule has 0 aliphatic heterocycles. The average molecular weight is 458 g/mol. The number of para-hydroxylation sites is 1. The van der Waals surface area contributed by atoms with Gasteiger partial charge in [0.2, 0.25) is 0 Å². The number of amides is 1. The summed E-state index contributed by atoms with van der Waals surface area (Å²) in [5, 5.41) is 19.4. The largest absolute Gasteiger partial charge is 0.393 e. The quantitative estimate of drug-likeness (QED) is 0.380. The van der Waals surface area contributed by atoms with E-state index in [0.29, 0.717) is 18.5 Å². The third kappa shape index (κ3) is 5.15. The maximum absolute atomic E-state index is 13.3. The molecule has 7 heteroatoms. The van der Waals surface area contributed by atoms with Gasteiger partial charge in [0.1, 0.15) is 5.69 Å². The number of aliphatic hydroxyl groups is 1. The van der Waals surface area contributed by atoms with Crippen molar-refractivity contribution in [1.82, 2.24) is 25.1 Å². The first-order valence-corrected chi connectivity index (χ1v) is 11.8. The second-order valence-electron chi connectivity index (χ2n) is 8.65. The summed E-state index contributed by atoms with van der Waals surface area (Å²) in [6, 6.07) is 14.8. The van der Waals surface area contributed by atoms with Gasteiger partial charge in [-0.15, -0.1) is 0 Å². The fourth-order valence-corrected chi connectivity index (χ4v) is 4.44. The van der Waals surface area contributed by atoms with Gasteiger partial charge in [-0.25, -0.2) is 4.98 Å². The Bertz CT molecular complexity index is 1270. The van der Waals surface area contributed by atoms with E-state index < -0.39 is 12.1 Å². The molecular weight excluding hydrogens is 426 g/mol. The van der Waals surface area contributed by atoms with Crippen LogP contribution in [-0.4, -0.2) is 36.9 Å². The summed E-state index contributed by atoms with van der Waals surface area (Å²) in [5.74, 6) is -0.425. The van der Waals surface area contributed by atoms with Crippen molar-refractivity contribution in [2.75, 3.05) is 0 Å². The number of aryl methyl sites for hydroxylation is 1. The average Bonchev–Trinajstić information content (AvgIpc) is 3.30. The van der Waals surface area contributed by atoms with Crippen LogP contribution in [0.25, 0.3) is 22.2 Å². The number of rotatable bonds is 9. The molecule has 2 N–H and O–H groups in total. The molecule has 0 aliphatic rings. The molecule has 0 aliphatic carbocycles. The highest BCUT2D eigenvalue weighted by molar-refractivity contribution is 5.95. The number of nitrogens with one attached hydrogen (secondary N) is 1. The zero-order valence-corrected chi connectivity index (χ0v) is 19.8. The molecule has 4 rings (SSSR count). The molecule has 0 bridgehead atoms. The maximum atomic E-state index is 13.3. The van der Waals surface area contributed by atoms with Crippen molar-refractivity contribution in [3.8, 4) is 11.3 Å². The molecule has 0 spiro atoms. The monoisotopic (exact) mass is 457 g/mol. The van der Waals surface area contributed by atoms with Crippen LogP contribution < -0.4 is 5.32 Å². The van der Waals surface area contributed by atoms with Gasteiger partial charge in [0.25, 0.3) is 5.91 Å². The van der Waals surface area contributed by atoms with E-state index in [9.17, 15) is 9.90 Å². The topological polar surface area (TPSA) is 92.9 Å². The van der Waals surface area contributed by atoms with Crippen molar-refractivity contribution in [3.05, 3.63) is 78.4 Å². The van der Waals surface area contributed by atoms with Crippen molar-refractivity contribution in [2.45, 2.75) is 45.3 Å². The predicted molar refractivity (Wildman–Crippen MR) is 133 cm³/mol. The van der Waals surface area contributed by atoms with E-state index in [1.807, 2.05) is 62.6 Å². The summed E-state index contributed by atoms with van der Waals surface area (Å²) in [6.07, 6.45) is 7.11. The van der Waals surface area contributed by atoms with E-state index in [0.717, 1.165) is 34.1 Å². The van der Waals surface area contributed by atoms with Crippen LogP contribution in [0.15, 0.2) is 67.1 Å². The molecule has 34 heavy (non-hydrogen) atoms. The Kier molecular flexibility index (Phi) is 7.33. The van der Waals surface area contributed by atoms with Gasteiger partial charge in [-0.1, -0.05) is 44.5 Å². The standard InChI is InChI=1S/C27H31N5O2/c1-4-8-25(33)21(5-2)26(19-13-14-28-24(15-19)20-16-29-32(3)17-20)31-27(34)23-12-11-18-9-6-7-10-22(18)30-23/h6-7,9-17,21,25-26,33H,4-5,8H2,1-3H3,(H,31,34)/t21-,25+,26?/m1/s1. The molecule has 7 nitrogen and oxygen atoms in total. The van der Waals surface area contributed by atoms with Gasteiger partial charge in [-0.05, 0) is 42.7 Å². The predicted octanol–water partition coefficient (Wildman–Crippen LogP) is 4.69. The lowest BCUT2D eigenvalue weighted by atomic mass is 9.84. The molecule has 3 heterocycles. The van der Waals surface area contributed by atoms with Crippen molar-refractivity contribution in [3.63, 3.8) is 0 Å². The SMILES string of the molecule is CCC[C@H](O)[C@@H](CC)C(NC(=O)c1ccc2ccccc2n1)c1ccnc(-c2cnn(C)c2)c1. The van der Waals surface area contributed by atoms with Gasteiger partial charge in [-0.2, -0.15) is 5.10 Å². The Morgan fingerprint density at radius 3 is 2.71 bits per heavy atom. The van der Waals surface area contributed by atoms with Gasteiger partial charge >= 0.3 is 0 Å². The van der Waals surface area contributed by atoms with E-state index in [2.05, 4.69) is 27.3 Å². The maximum Gasteiger partial charge on any atom is 0.270 e. The second kappa shape index (κ2) is 10.6. The zero-order valence-electron chi connectivity index (χ0n) is 19.8. The Morgan fingerprint density at radius 1 is 1.15 bits per heavy atom. The van der Waals surface area contributed by atoms with Crippen molar-refractivity contribution < 1.29 is 9.90 Å². The number of carbonyl (C=O) groups is 1. The lowest BCUT2D eigenvalue weighted by Gasteiger charge is -2.31. The summed E-state index contributed by atoms with van der Waals surface area (Å²) >= 11 is 0. The summed E-state index contributed by atoms with van der Waals surface area (Å²) in [4.78, 5) is 22.4. The van der Waals surface area contributed by atoms with Crippen LogP contribution in [0.1, 0.15) is 55.2 Å². The van der Waals surface area contributed by atoms with Crippen LogP contribution in [0.3, 0.4) is 0 Å². The zero-order chi connectivity index (χ0) is 24.1. The van der Waals surface area contributed by atoms with Crippen LogP contribution in [-0.2, 0) is 7.05 Å². The molecule has 3 atom stereocenters. The first-order valence-electron chi connectivity index (χ1n) is 11.8. The molecule has 0 saturated carbocycles. The highest BCUT2D eigenvalue weighted by Crippen LogP contribution is 2.31. The number of benzene rings is 1. The second-order valence-corrected chi connectivity index (χ2v) is 8.65. The molecule has 0 fully saturated rings. The summed E-state index contributed by atoms with van der Waals surface area (Å²) < 4.78 is 1.73. The number of aliphatic hydroxyl groups excluding tert-OH is 1. The molecule has 0 saturated heterocycles. The normalized spacial score (nSPS) is 14.0. The van der Waals surface area contributed by atoms with E-state index in [1.165, 1.54) is 0 Å². The molecule has 0 radical (unpaired) electrons. The molecule has 176 valence electrons. The lowest BCUT2D eigenvalue weighted by molar-refractivity contribution is 0.0656. The Labute approximate surface area is 199 Å². The summed E-state index contributed by atoms with van der Waals surface area (Å²) in [6.45, 7) is 4.09. The van der Waals surface area contributed by atoms with Gasteiger partial charge in [-0.3, -0.25) is 14.5 Å². The Balaban J connectivity index is 1.69. The highest BCUT2D eigenvalue weighted by Gasteiger charge is 2.30. The number of pyridine rings is 2. The Morgan fingerprint density at radius 2 is 1.97 bits per heavy atom. The van der Waals surface area contributed by atoms with E-state index in [1.54, 1.807) is 23.1 Å². The molecule has 3 aromatic heterocycles. The van der Waals surface area contributed by atoms with Crippen LogP contribution in [0, 0.1) is 5.92 Å². The van der Waals surface area contributed by atoms with Crippen LogP contribution in [0.5, 0.6) is 0 Å². The molecule has 1 amide bonds. The van der Waals surface area contributed by atoms with Crippen molar-refractivity contribution >= 4 is 16.8 Å². The lowest BCUT2D eigenvalue weighted by Crippen LogP contribution is -2.38. The smallest absolute Gasteiger partial charge is 0.270 e. The number of hydrogen-bond donors (Lipinski definition) is 2. The minimum absolute atomic E-state index is 0.159. The van der Waals surface area contributed by atoms with Gasteiger partial charge in [0, 0.05) is 36.3 Å². The molecule has 1 aromatic carbocycles. The first-order chi connectivity index (χ1) is 16.5. The number of hydrogen-bond acceptors (Lipinski definition) is 5. The minimum Gasteiger partial charge on any atom is -0.393 e. The number of carbonyl (C=O) groups excluding carboxylic acids is 1. The van der Waals surface area contributed by atoms with Crippen molar-refractivity contribution in [2.24, 2.45) is 13.0 Å². The van der Waals surface area contributed by atoms with Gasteiger partial charge < -0.3 is 10.4 Å².